The summed E-state index contributed by atoms with van der Waals surface area (Å²) >= 11 is 0. The minimum Gasteiger partial charge on any atom is -0.429 e. The van der Waals surface area contributed by atoms with E-state index >= 15 is 0 Å². The fraction of sp³-hybridized carbons (Fsp3) is 0.722. The molecule has 0 bridgehead atoms. The van der Waals surface area contributed by atoms with E-state index in [1.165, 1.54) is 6.07 Å². The van der Waals surface area contributed by atoms with Gasteiger partial charge in [0.05, 0.1) is 6.61 Å². The lowest BCUT2D eigenvalue weighted by Gasteiger charge is -2.25. The van der Waals surface area contributed by atoms with Crippen LogP contribution in [0, 0.1) is 5.92 Å². The molecule has 0 spiro atoms. The predicted octanol–water partition coefficient (Wildman–Crippen LogP) is 2.29. The monoisotopic (exact) mass is 404 g/mol. The molecule has 0 radical (unpaired) electrons. The van der Waals surface area contributed by atoms with E-state index in [0.717, 1.165) is 6.20 Å². The molecule has 1 fully saturated rings. The fourth-order valence-electron chi connectivity index (χ4n) is 2.80. The Hall–Kier alpha value is -2.07. The number of hydrogen-bond acceptors (Lipinski definition) is 7. The van der Waals surface area contributed by atoms with Gasteiger partial charge in [-0.3, -0.25) is 4.57 Å². The molecular formula is C18H26F2N2O6. The van der Waals surface area contributed by atoms with Crippen LogP contribution in [0.15, 0.2) is 17.1 Å². The SMILES string of the molecule is CC(C)Cc1ccn([C@@H]2O[C@H](CO)[C@@H](OC(=O)OC(C)(C)C)C2(F)F)c(=O)n1. The van der Waals surface area contributed by atoms with Gasteiger partial charge in [0.1, 0.15) is 11.7 Å². The maximum Gasteiger partial charge on any atom is 0.509 e. The van der Waals surface area contributed by atoms with Crippen LogP contribution in [0.3, 0.4) is 0 Å². The number of alkyl halides is 2. The van der Waals surface area contributed by atoms with Crippen molar-refractivity contribution in [1.82, 2.24) is 9.55 Å². The largest absolute Gasteiger partial charge is 0.509 e. The maximum absolute atomic E-state index is 14.9. The van der Waals surface area contributed by atoms with Crippen molar-refractivity contribution in [2.45, 2.75) is 71.0 Å². The topological polar surface area (TPSA) is 99.9 Å². The number of hydrogen-bond donors (Lipinski definition) is 1. The fourth-order valence-corrected chi connectivity index (χ4v) is 2.80. The highest BCUT2D eigenvalue weighted by molar-refractivity contribution is 5.61. The number of nitrogens with zero attached hydrogens (tertiary/aromatic N) is 2. The predicted molar refractivity (Wildman–Crippen MR) is 94.1 cm³/mol. The molecule has 1 N–H and O–H groups in total. The summed E-state index contributed by atoms with van der Waals surface area (Å²) < 4.78 is 45.3. The van der Waals surface area contributed by atoms with Crippen LogP contribution in [-0.2, 0) is 20.6 Å². The number of halogens is 2. The second-order valence-corrected chi connectivity index (χ2v) is 8.09. The quantitative estimate of drug-likeness (QED) is 0.752. The van der Waals surface area contributed by atoms with Crippen LogP contribution in [0.1, 0.15) is 46.5 Å². The molecule has 2 rings (SSSR count). The number of rotatable bonds is 5. The van der Waals surface area contributed by atoms with E-state index in [0.29, 0.717) is 16.7 Å². The van der Waals surface area contributed by atoms with Gasteiger partial charge in [-0.05, 0) is 39.2 Å². The molecule has 0 aromatic carbocycles. The van der Waals surface area contributed by atoms with Crippen molar-refractivity contribution in [3.8, 4) is 0 Å². The van der Waals surface area contributed by atoms with E-state index < -0.39 is 48.4 Å². The number of aliphatic hydroxyl groups is 1. The summed E-state index contributed by atoms with van der Waals surface area (Å²) in [7, 11) is 0. The molecule has 0 aliphatic carbocycles. The number of aliphatic hydroxyl groups excluding tert-OH is 1. The van der Waals surface area contributed by atoms with Gasteiger partial charge in [-0.15, -0.1) is 0 Å². The van der Waals surface area contributed by atoms with Crippen molar-refractivity contribution in [1.29, 1.82) is 0 Å². The van der Waals surface area contributed by atoms with E-state index in [4.69, 9.17) is 14.2 Å². The Morgan fingerprint density at radius 2 is 2.07 bits per heavy atom. The third-order valence-corrected chi connectivity index (χ3v) is 3.90. The number of aromatic nitrogens is 2. The van der Waals surface area contributed by atoms with Crippen LogP contribution in [0.5, 0.6) is 0 Å². The standard InChI is InChI=1S/C18H26F2N2O6/c1-10(2)8-11-6-7-22(15(24)21-11)14-18(19,20)13(12(9-23)26-14)27-16(25)28-17(3,4)5/h6-7,10,12-14,23H,8-9H2,1-5H3/t12-,13-,14-/m1/s1. The van der Waals surface area contributed by atoms with Crippen LogP contribution < -0.4 is 5.69 Å². The van der Waals surface area contributed by atoms with Gasteiger partial charge in [-0.1, -0.05) is 13.8 Å². The number of carbonyl (C=O) groups excluding carboxylic acids is 1. The average Bonchev–Trinajstić information content (AvgIpc) is 2.76. The molecule has 1 aliphatic heterocycles. The van der Waals surface area contributed by atoms with E-state index in [-0.39, 0.29) is 5.92 Å². The van der Waals surface area contributed by atoms with Crippen molar-refractivity contribution in [3.63, 3.8) is 0 Å². The van der Waals surface area contributed by atoms with Gasteiger partial charge in [0, 0.05) is 11.9 Å². The van der Waals surface area contributed by atoms with Crippen LogP contribution >= 0.6 is 0 Å². The van der Waals surface area contributed by atoms with Crippen molar-refractivity contribution >= 4 is 6.16 Å². The minimum absolute atomic E-state index is 0.234. The van der Waals surface area contributed by atoms with Crippen molar-refractivity contribution in [2.75, 3.05) is 6.61 Å². The van der Waals surface area contributed by atoms with Crippen LogP contribution in [0.25, 0.3) is 0 Å². The molecule has 2 heterocycles. The molecule has 1 aromatic rings. The van der Waals surface area contributed by atoms with Crippen LogP contribution in [-0.4, -0.2) is 51.2 Å². The molecule has 8 nitrogen and oxygen atoms in total. The van der Waals surface area contributed by atoms with Gasteiger partial charge in [0.15, 0.2) is 0 Å². The summed E-state index contributed by atoms with van der Waals surface area (Å²) in [5.41, 5.74) is -1.40. The summed E-state index contributed by atoms with van der Waals surface area (Å²) in [5, 5.41) is 9.40. The zero-order chi connectivity index (χ0) is 21.3. The third kappa shape index (κ3) is 5.05. The Morgan fingerprint density at radius 3 is 2.57 bits per heavy atom. The first-order chi connectivity index (χ1) is 12.8. The molecule has 0 saturated carbocycles. The highest BCUT2D eigenvalue weighted by Crippen LogP contribution is 2.44. The first-order valence-corrected chi connectivity index (χ1v) is 8.97. The zero-order valence-electron chi connectivity index (χ0n) is 16.5. The molecule has 0 unspecified atom stereocenters. The molecule has 1 saturated heterocycles. The lowest BCUT2D eigenvalue weighted by Crippen LogP contribution is -2.45. The number of carbonyl (C=O) groups is 1. The Kier molecular flexibility index (Phi) is 6.44. The smallest absolute Gasteiger partial charge is 0.429 e. The first kappa shape index (κ1) is 22.2. The summed E-state index contributed by atoms with van der Waals surface area (Å²) in [6.45, 7) is 7.68. The van der Waals surface area contributed by atoms with Crippen molar-refractivity contribution < 1.29 is 32.9 Å². The molecule has 10 heteroatoms. The van der Waals surface area contributed by atoms with Gasteiger partial charge in [0.2, 0.25) is 12.3 Å². The molecular weight excluding hydrogens is 378 g/mol. The Balaban J connectivity index is 2.27. The molecule has 158 valence electrons. The highest BCUT2D eigenvalue weighted by atomic mass is 19.3. The van der Waals surface area contributed by atoms with Crippen LogP contribution in [0.2, 0.25) is 0 Å². The first-order valence-electron chi connectivity index (χ1n) is 8.97. The molecule has 28 heavy (non-hydrogen) atoms. The summed E-state index contributed by atoms with van der Waals surface area (Å²) in [5.74, 6) is -3.56. The minimum atomic E-state index is -3.80. The van der Waals surface area contributed by atoms with Gasteiger partial charge in [-0.25, -0.2) is 9.59 Å². The van der Waals surface area contributed by atoms with E-state index in [9.17, 15) is 23.5 Å². The summed E-state index contributed by atoms with van der Waals surface area (Å²) in [4.78, 5) is 27.9. The molecule has 3 atom stereocenters. The zero-order valence-corrected chi connectivity index (χ0v) is 16.5. The van der Waals surface area contributed by atoms with Gasteiger partial charge in [-0.2, -0.15) is 13.8 Å². The molecule has 1 aromatic heterocycles. The lowest BCUT2D eigenvalue weighted by atomic mass is 10.1. The van der Waals surface area contributed by atoms with E-state index in [2.05, 4.69) is 4.98 Å². The second kappa shape index (κ2) is 8.12. The van der Waals surface area contributed by atoms with Gasteiger partial charge in [0.25, 0.3) is 0 Å². The number of ether oxygens (including phenoxy) is 3. The molecule has 1 aliphatic rings. The third-order valence-electron chi connectivity index (χ3n) is 3.90. The Labute approximate surface area is 161 Å². The summed E-state index contributed by atoms with van der Waals surface area (Å²) in [6, 6.07) is 1.46. The second-order valence-electron chi connectivity index (χ2n) is 8.09. The normalized spacial score (nSPS) is 24.4. The van der Waals surface area contributed by atoms with Gasteiger partial charge >= 0.3 is 17.8 Å². The van der Waals surface area contributed by atoms with Gasteiger partial charge < -0.3 is 19.3 Å². The van der Waals surface area contributed by atoms with E-state index in [1.807, 2.05) is 13.8 Å². The lowest BCUT2D eigenvalue weighted by molar-refractivity contribution is -0.149. The van der Waals surface area contributed by atoms with Crippen LogP contribution in [0.4, 0.5) is 13.6 Å². The summed E-state index contributed by atoms with van der Waals surface area (Å²) in [6.07, 6.45) is -5.38. The Bertz CT molecular complexity index is 759. The molecule has 0 amide bonds. The Morgan fingerprint density at radius 1 is 1.43 bits per heavy atom. The maximum atomic E-state index is 14.9. The highest BCUT2D eigenvalue weighted by Gasteiger charge is 2.62. The average molecular weight is 404 g/mol. The van der Waals surface area contributed by atoms with Crippen molar-refractivity contribution in [2.24, 2.45) is 5.92 Å². The van der Waals surface area contributed by atoms with Crippen molar-refractivity contribution in [3.05, 3.63) is 28.4 Å². The van der Waals surface area contributed by atoms with E-state index in [1.54, 1.807) is 20.8 Å².